The van der Waals surface area contributed by atoms with E-state index in [4.69, 9.17) is 4.98 Å². The average molecular weight is 352 g/mol. The molecular formula is C17H26BrN3. The van der Waals surface area contributed by atoms with Gasteiger partial charge in [0, 0.05) is 41.6 Å². The van der Waals surface area contributed by atoms with Crippen molar-refractivity contribution in [3.8, 4) is 0 Å². The summed E-state index contributed by atoms with van der Waals surface area (Å²) in [6.45, 7) is 11.4. The molecule has 0 unspecified atom stereocenters. The Bertz CT molecular complexity index is 501. The lowest BCUT2D eigenvalue weighted by Crippen LogP contribution is -2.59. The molecule has 2 atom stereocenters. The molecule has 21 heavy (non-hydrogen) atoms. The molecule has 1 aliphatic carbocycles. The smallest absolute Gasteiger partial charge is 0.129 e. The van der Waals surface area contributed by atoms with E-state index in [1.165, 1.54) is 23.0 Å². The predicted octanol–water partition coefficient (Wildman–Crippen LogP) is 4.03. The first-order valence-electron chi connectivity index (χ1n) is 8.16. The van der Waals surface area contributed by atoms with Crippen molar-refractivity contribution < 1.29 is 0 Å². The van der Waals surface area contributed by atoms with Gasteiger partial charge in [-0.3, -0.25) is 4.90 Å². The summed E-state index contributed by atoms with van der Waals surface area (Å²) in [5.74, 6) is 1.84. The first-order chi connectivity index (χ1) is 9.97. The molecule has 0 radical (unpaired) electrons. The average Bonchev–Trinajstić information content (AvgIpc) is 3.22. The summed E-state index contributed by atoms with van der Waals surface area (Å²) in [5, 5.41) is 0. The lowest BCUT2D eigenvalue weighted by atomic mass is 10.1. The zero-order chi connectivity index (χ0) is 15.1. The molecule has 0 N–H and O–H groups in total. The monoisotopic (exact) mass is 351 g/mol. The highest BCUT2D eigenvalue weighted by Gasteiger charge is 2.33. The van der Waals surface area contributed by atoms with E-state index < -0.39 is 0 Å². The van der Waals surface area contributed by atoms with Crippen LogP contribution in [-0.4, -0.2) is 41.1 Å². The summed E-state index contributed by atoms with van der Waals surface area (Å²) in [7, 11) is 0. The summed E-state index contributed by atoms with van der Waals surface area (Å²) >= 11 is 3.66. The van der Waals surface area contributed by atoms with Crippen LogP contribution in [0, 0.1) is 0 Å². The molecule has 1 aliphatic heterocycles. The summed E-state index contributed by atoms with van der Waals surface area (Å²) in [5.41, 5.74) is 1.26. The summed E-state index contributed by atoms with van der Waals surface area (Å²) < 4.78 is 1.18. The summed E-state index contributed by atoms with van der Waals surface area (Å²) in [4.78, 5) is 10.0. The number of hydrogen-bond donors (Lipinski definition) is 0. The van der Waals surface area contributed by atoms with E-state index in [2.05, 4.69) is 65.6 Å². The zero-order valence-corrected chi connectivity index (χ0v) is 15.1. The van der Waals surface area contributed by atoms with Crippen molar-refractivity contribution in [1.29, 1.82) is 0 Å². The molecule has 1 saturated heterocycles. The van der Waals surface area contributed by atoms with Gasteiger partial charge < -0.3 is 4.90 Å². The van der Waals surface area contributed by atoms with Gasteiger partial charge in [-0.1, -0.05) is 0 Å². The van der Waals surface area contributed by atoms with E-state index in [9.17, 15) is 0 Å². The fraction of sp³-hybridized carbons (Fsp3) is 0.706. The first-order valence-corrected chi connectivity index (χ1v) is 8.95. The SMILES string of the molecule is CC(C)N1[C@H](C)CN(c2ccc(Br)c(C3CC3)n2)C[C@@H]1C. The van der Waals surface area contributed by atoms with Gasteiger partial charge >= 0.3 is 0 Å². The van der Waals surface area contributed by atoms with Crippen molar-refractivity contribution in [2.24, 2.45) is 0 Å². The second-order valence-corrected chi connectivity index (χ2v) is 7.81. The minimum atomic E-state index is 0.573. The van der Waals surface area contributed by atoms with Crippen LogP contribution in [0.25, 0.3) is 0 Å². The number of hydrogen-bond acceptors (Lipinski definition) is 3. The first kappa shape index (κ1) is 15.3. The van der Waals surface area contributed by atoms with Gasteiger partial charge in [-0.2, -0.15) is 0 Å². The minimum absolute atomic E-state index is 0.573. The summed E-state index contributed by atoms with van der Waals surface area (Å²) in [6.07, 6.45) is 2.59. The molecule has 0 amide bonds. The number of anilines is 1. The molecule has 3 nitrogen and oxygen atoms in total. The molecule has 0 bridgehead atoms. The number of halogens is 1. The number of rotatable bonds is 3. The van der Waals surface area contributed by atoms with Crippen molar-refractivity contribution in [3.05, 3.63) is 22.3 Å². The van der Waals surface area contributed by atoms with Gasteiger partial charge in [-0.05, 0) is 68.6 Å². The fourth-order valence-corrected chi connectivity index (χ4v) is 4.35. The van der Waals surface area contributed by atoms with Crippen molar-refractivity contribution in [2.75, 3.05) is 18.0 Å². The van der Waals surface area contributed by atoms with Crippen LogP contribution in [0.3, 0.4) is 0 Å². The normalized spacial score (nSPS) is 27.4. The molecule has 0 spiro atoms. The van der Waals surface area contributed by atoms with Crippen LogP contribution >= 0.6 is 15.9 Å². The van der Waals surface area contributed by atoms with Gasteiger partial charge in [0.2, 0.25) is 0 Å². The number of aromatic nitrogens is 1. The van der Waals surface area contributed by atoms with Crippen LogP contribution in [0.5, 0.6) is 0 Å². The molecular weight excluding hydrogens is 326 g/mol. The second kappa shape index (κ2) is 5.88. The third-order valence-electron chi connectivity index (χ3n) is 4.73. The standard InChI is InChI=1S/C17H26BrN3/c1-11(2)21-12(3)9-20(10-13(21)4)16-8-7-15(18)17(19-16)14-5-6-14/h7-8,11-14H,5-6,9-10H2,1-4H3/t12-,13+. The predicted molar refractivity (Wildman–Crippen MR) is 92.0 cm³/mol. The maximum absolute atomic E-state index is 4.96. The Hall–Kier alpha value is -0.610. The lowest BCUT2D eigenvalue weighted by Gasteiger charge is -2.47. The molecule has 2 aliphatic rings. The van der Waals surface area contributed by atoms with E-state index in [1.807, 2.05) is 0 Å². The van der Waals surface area contributed by atoms with Crippen LogP contribution in [0.1, 0.15) is 52.1 Å². The minimum Gasteiger partial charge on any atom is -0.353 e. The Labute approximate surface area is 136 Å². The molecule has 4 heteroatoms. The Morgan fingerprint density at radius 1 is 1.14 bits per heavy atom. The van der Waals surface area contributed by atoms with E-state index in [-0.39, 0.29) is 0 Å². The van der Waals surface area contributed by atoms with Gasteiger partial charge in [0.15, 0.2) is 0 Å². The van der Waals surface area contributed by atoms with Crippen LogP contribution in [0.2, 0.25) is 0 Å². The Balaban J connectivity index is 1.80. The molecule has 3 rings (SSSR count). The number of nitrogens with zero attached hydrogens (tertiary/aromatic N) is 3. The van der Waals surface area contributed by atoms with Gasteiger partial charge in [0.25, 0.3) is 0 Å². The van der Waals surface area contributed by atoms with Crippen LogP contribution in [-0.2, 0) is 0 Å². The molecule has 2 heterocycles. The number of piperazine rings is 1. The Morgan fingerprint density at radius 3 is 2.29 bits per heavy atom. The van der Waals surface area contributed by atoms with Crippen LogP contribution in [0.4, 0.5) is 5.82 Å². The van der Waals surface area contributed by atoms with Crippen molar-refractivity contribution in [1.82, 2.24) is 9.88 Å². The van der Waals surface area contributed by atoms with E-state index >= 15 is 0 Å². The van der Waals surface area contributed by atoms with Gasteiger partial charge in [0.1, 0.15) is 5.82 Å². The third kappa shape index (κ3) is 3.11. The maximum Gasteiger partial charge on any atom is 0.129 e. The molecule has 1 saturated carbocycles. The molecule has 1 aromatic heterocycles. The van der Waals surface area contributed by atoms with Crippen LogP contribution in [0.15, 0.2) is 16.6 Å². The van der Waals surface area contributed by atoms with Gasteiger partial charge in [0.05, 0.1) is 5.69 Å². The molecule has 1 aromatic rings. The van der Waals surface area contributed by atoms with E-state index in [0.29, 0.717) is 24.0 Å². The Morgan fingerprint density at radius 2 is 1.76 bits per heavy atom. The highest BCUT2D eigenvalue weighted by atomic mass is 79.9. The van der Waals surface area contributed by atoms with Gasteiger partial charge in [-0.15, -0.1) is 0 Å². The van der Waals surface area contributed by atoms with Crippen LogP contribution < -0.4 is 4.90 Å². The fourth-order valence-electron chi connectivity index (χ4n) is 3.81. The highest BCUT2D eigenvalue weighted by molar-refractivity contribution is 9.10. The van der Waals surface area contributed by atoms with E-state index in [1.54, 1.807) is 0 Å². The molecule has 0 aromatic carbocycles. The topological polar surface area (TPSA) is 19.4 Å². The zero-order valence-electron chi connectivity index (χ0n) is 13.5. The lowest BCUT2D eigenvalue weighted by molar-refractivity contribution is 0.0951. The number of pyridine rings is 1. The third-order valence-corrected chi connectivity index (χ3v) is 5.40. The van der Waals surface area contributed by atoms with Crippen molar-refractivity contribution in [3.63, 3.8) is 0 Å². The quantitative estimate of drug-likeness (QED) is 0.819. The van der Waals surface area contributed by atoms with Crippen molar-refractivity contribution >= 4 is 21.7 Å². The maximum atomic E-state index is 4.96. The Kier molecular flexibility index (Phi) is 4.28. The summed E-state index contributed by atoms with van der Waals surface area (Å²) in [6, 6.07) is 6.10. The second-order valence-electron chi connectivity index (χ2n) is 6.95. The molecule has 116 valence electrons. The van der Waals surface area contributed by atoms with Gasteiger partial charge in [-0.25, -0.2) is 4.98 Å². The largest absolute Gasteiger partial charge is 0.353 e. The molecule has 2 fully saturated rings. The van der Waals surface area contributed by atoms with E-state index in [0.717, 1.165) is 18.9 Å². The highest BCUT2D eigenvalue weighted by Crippen LogP contribution is 2.43. The van der Waals surface area contributed by atoms with Crippen molar-refractivity contribution in [2.45, 2.75) is 64.6 Å².